The van der Waals surface area contributed by atoms with E-state index in [1.165, 1.54) is 0 Å². The minimum absolute atomic E-state index is 0.0354. The Kier molecular flexibility index (Phi) is 20.0. The van der Waals surface area contributed by atoms with Gasteiger partial charge in [0.15, 0.2) is 0 Å². The number of carbonyl (C=O) groups excluding carboxylic acids is 1. The van der Waals surface area contributed by atoms with Gasteiger partial charge in [0, 0.05) is 0 Å². The van der Waals surface area contributed by atoms with E-state index in [1.54, 1.807) is 4.90 Å². The Morgan fingerprint density at radius 2 is 1.48 bits per heavy atom. The molecule has 7 nitrogen and oxygen atoms in total. The number of urea groups is 1. The van der Waals surface area contributed by atoms with Crippen molar-refractivity contribution in [2.24, 2.45) is 0 Å². The van der Waals surface area contributed by atoms with E-state index in [4.69, 9.17) is 18.6 Å². The van der Waals surface area contributed by atoms with Crippen molar-refractivity contribution in [2.75, 3.05) is 7.05 Å². The van der Waals surface area contributed by atoms with Gasteiger partial charge >= 0.3 is 167 Å². The van der Waals surface area contributed by atoms with E-state index >= 15 is 0 Å². The Morgan fingerprint density at radius 1 is 1.04 bits per heavy atom. The van der Waals surface area contributed by atoms with E-state index in [2.05, 4.69) is 61.5 Å². The molecule has 2 atom stereocenters. The first-order valence-electron chi connectivity index (χ1n) is 7.17. The molecule has 0 radical (unpaired) electrons. The molecule has 1 aromatic rings. The summed E-state index contributed by atoms with van der Waals surface area (Å²) < 4.78 is 30.9. The molecule has 27 heavy (non-hydrogen) atoms. The summed E-state index contributed by atoms with van der Waals surface area (Å²) in [5, 5.41) is 0. The maximum absolute atomic E-state index is 12.4. The second kappa shape index (κ2) is 18.4. The molecule has 2 amide bonds. The molecular weight excluding hydrogens is 388 g/mol. The van der Waals surface area contributed by atoms with Crippen LogP contribution in [-0.2, 0) is 34.5 Å². The normalized spacial score (nSPS) is 16.8. The molecule has 140 valence electrons. The summed E-state index contributed by atoms with van der Waals surface area (Å²) in [6, 6.07) is 10.4. The van der Waals surface area contributed by atoms with Crippen LogP contribution in [0.3, 0.4) is 0 Å². The summed E-state index contributed by atoms with van der Waals surface area (Å²) in [6.45, 7) is 22.0. The van der Waals surface area contributed by atoms with Gasteiger partial charge in [0.25, 0.3) is 0 Å². The van der Waals surface area contributed by atoms with Gasteiger partial charge in [-0.2, -0.15) is 0 Å². The van der Waals surface area contributed by atoms with Crippen molar-refractivity contribution in [3.8, 4) is 0 Å². The molecular formula is C19H18CrN2O5. The molecule has 1 aromatic carbocycles. The van der Waals surface area contributed by atoms with Crippen LogP contribution in [0.5, 0.6) is 0 Å². The topological polar surface area (TPSA) is 103 Å². The van der Waals surface area contributed by atoms with Crippen molar-refractivity contribution >= 4 is 10.5 Å². The molecule has 8 heteroatoms. The second-order valence-electron chi connectivity index (χ2n) is 4.70. The fraction of sp³-hybridized carbons (Fsp3) is 0.263. The van der Waals surface area contributed by atoms with E-state index < -0.39 is 0 Å². The van der Waals surface area contributed by atoms with Crippen LogP contribution in [0.4, 0.5) is 4.79 Å². The molecule has 1 saturated heterocycles. The molecule has 0 spiro atoms. The number of likely N-dealkylation sites (N-methyl/N-ethyl adjacent to an activating group) is 1. The quantitative estimate of drug-likeness (QED) is 0.559. The summed E-state index contributed by atoms with van der Waals surface area (Å²) in [5.41, 5.74) is 1.16. The first-order chi connectivity index (χ1) is 13.1. The molecule has 1 heterocycles. The summed E-state index contributed by atoms with van der Waals surface area (Å²) in [7, 11) is 1.85. The standard InChI is InChI=1S/C15H18N2O.4CO.Cr/c1-4-5-11-17-14(12(2)16(3)15(17)18)13-9-7-6-8-10-13;4*1-2;/h4-10,12,14H,1-3H3;;;;;/b5-4+;;;;;/t12-,14-;;;;;/m0...../s1. The molecule has 0 aliphatic carbocycles. The molecule has 0 bridgehead atoms. The van der Waals surface area contributed by atoms with E-state index in [-0.39, 0.29) is 18.1 Å². The third-order valence-corrected chi connectivity index (χ3v) is 4.06. The Morgan fingerprint density at radius 3 is 1.89 bits per heavy atom. The maximum atomic E-state index is 12.4. The van der Waals surface area contributed by atoms with Crippen molar-refractivity contribution in [1.82, 2.24) is 9.80 Å². The number of rotatable bonds is 3. The zero-order chi connectivity index (χ0) is 22.0. The molecule has 1 fully saturated rings. The fourth-order valence-electron chi connectivity index (χ4n) is 2.42. The molecule has 0 saturated carbocycles. The Bertz CT molecular complexity index is 656. The van der Waals surface area contributed by atoms with Crippen LogP contribution in [0.2, 0.25) is 0 Å². The van der Waals surface area contributed by atoms with Crippen molar-refractivity contribution in [1.29, 1.82) is 0 Å². The Hall–Kier alpha value is -2.41. The number of carbonyl (C=O) groups is 1. The monoisotopic (exact) mass is 406 g/mol. The van der Waals surface area contributed by atoms with Gasteiger partial charge in [-0.15, -0.1) is 0 Å². The molecule has 2 rings (SSSR count). The third kappa shape index (κ3) is 8.21. The summed E-state index contributed by atoms with van der Waals surface area (Å²) >= 11 is 3.00. The number of hydrogen-bond donors (Lipinski definition) is 0. The van der Waals surface area contributed by atoms with Gasteiger partial charge in [0.05, 0.1) is 0 Å². The van der Waals surface area contributed by atoms with E-state index in [9.17, 15) is 4.79 Å². The summed E-state index contributed by atoms with van der Waals surface area (Å²) in [6.07, 6.45) is 3.86. The zero-order valence-corrected chi connectivity index (χ0v) is 16.3. The molecule has 1 aliphatic rings. The zero-order valence-electron chi connectivity index (χ0n) is 15.0. The van der Waals surface area contributed by atoms with Crippen LogP contribution in [0.15, 0.2) is 42.5 Å². The second-order valence-corrected chi connectivity index (χ2v) is 5.35. The van der Waals surface area contributed by atoms with Crippen molar-refractivity contribution < 1.29 is 39.3 Å². The van der Waals surface area contributed by atoms with Crippen LogP contribution in [0.1, 0.15) is 25.5 Å². The number of amides is 2. The van der Waals surface area contributed by atoms with Crippen molar-refractivity contribution in [3.63, 3.8) is 0 Å². The average molecular weight is 406 g/mol. The summed E-state index contributed by atoms with van der Waals surface area (Å²) in [5.74, 6) is 0. The van der Waals surface area contributed by atoms with Crippen LogP contribution in [-0.4, -0.2) is 33.4 Å². The van der Waals surface area contributed by atoms with Gasteiger partial charge in [0.1, 0.15) is 0 Å². The van der Waals surface area contributed by atoms with Crippen molar-refractivity contribution in [3.05, 3.63) is 74.6 Å². The van der Waals surface area contributed by atoms with E-state index in [1.807, 2.05) is 49.2 Å². The molecule has 1 aliphatic heterocycles. The van der Waals surface area contributed by atoms with Crippen LogP contribution in [0, 0.1) is 26.6 Å². The predicted molar refractivity (Wildman–Crippen MR) is 89.2 cm³/mol. The Balaban J connectivity index is -0.000000638. The van der Waals surface area contributed by atoms with E-state index in [0.717, 1.165) is 10.1 Å². The molecule has 0 N–H and O–H groups in total. The van der Waals surface area contributed by atoms with Crippen LogP contribution >= 0.6 is 0 Å². The first kappa shape index (κ1) is 29.4. The molecule has 0 unspecified atom stereocenters. The number of allylic oxidation sites excluding steroid dienone is 1. The van der Waals surface area contributed by atoms with Gasteiger partial charge in [-0.05, 0) is 0 Å². The van der Waals surface area contributed by atoms with Crippen molar-refractivity contribution in [2.45, 2.75) is 25.9 Å². The van der Waals surface area contributed by atoms with Gasteiger partial charge in [0.2, 0.25) is 0 Å². The summed E-state index contributed by atoms with van der Waals surface area (Å²) in [4.78, 5) is 16.0. The van der Waals surface area contributed by atoms with Gasteiger partial charge in [-0.25, -0.2) is 0 Å². The number of hydrogen-bond acceptors (Lipinski definition) is 1. The first-order valence-corrected chi connectivity index (χ1v) is 7.81. The predicted octanol–water partition coefficient (Wildman–Crippen LogP) is 2.59. The minimum atomic E-state index is 0.0354. The number of benzene rings is 1. The number of nitrogens with zero attached hydrogens (tertiary/aromatic N) is 2. The molecule has 0 aromatic heterocycles. The SMILES string of the molecule is C/C=C/[C](=[Cr])N1C(=O)N(C)[C@@H](C)[C@H]1c1ccccc1.[C-]#[O+].[C-]#[O+].[C-]#[O+].[C-]#[O+]. The third-order valence-electron chi connectivity index (χ3n) is 3.54. The van der Waals surface area contributed by atoms with Crippen LogP contribution in [0.25, 0.3) is 0 Å². The van der Waals surface area contributed by atoms with E-state index in [0.29, 0.717) is 0 Å². The van der Waals surface area contributed by atoms with Gasteiger partial charge < -0.3 is 0 Å². The Labute approximate surface area is 167 Å². The average Bonchev–Trinajstić information content (AvgIpc) is 2.99. The van der Waals surface area contributed by atoms with Gasteiger partial charge in [-0.1, -0.05) is 0 Å². The van der Waals surface area contributed by atoms with Crippen LogP contribution < -0.4 is 0 Å². The fourth-order valence-corrected chi connectivity index (χ4v) is 2.93. The van der Waals surface area contributed by atoms with Gasteiger partial charge in [-0.3, -0.25) is 0 Å².